The Labute approximate surface area is 194 Å². The largest absolute Gasteiger partial charge is 0.497 e. The maximum atomic E-state index is 12.5. The Morgan fingerprint density at radius 1 is 1.06 bits per heavy atom. The molecule has 2 rings (SSSR count). The summed E-state index contributed by atoms with van der Waals surface area (Å²) in [7, 11) is 1.05. The fourth-order valence-electron chi connectivity index (χ4n) is 3.25. The van der Waals surface area contributed by atoms with Crippen LogP contribution >= 0.6 is 11.6 Å². The Hall–Kier alpha value is -2.65. The smallest absolute Gasteiger partial charge is 0.232 e. The van der Waals surface area contributed by atoms with Crippen LogP contribution < -0.4 is 23.8 Å². The van der Waals surface area contributed by atoms with Crippen molar-refractivity contribution in [1.82, 2.24) is 5.32 Å². The van der Waals surface area contributed by atoms with Gasteiger partial charge < -0.3 is 19.5 Å². The van der Waals surface area contributed by atoms with E-state index in [9.17, 15) is 13.2 Å². The maximum absolute atomic E-state index is 12.5. The highest BCUT2D eigenvalue weighted by Gasteiger charge is 2.20. The molecule has 32 heavy (non-hydrogen) atoms. The van der Waals surface area contributed by atoms with Gasteiger partial charge in [0.2, 0.25) is 15.9 Å². The van der Waals surface area contributed by atoms with Gasteiger partial charge in [0, 0.05) is 18.5 Å². The van der Waals surface area contributed by atoms with Gasteiger partial charge in [0.1, 0.15) is 17.2 Å². The number of halogens is 1. The molecule has 1 atom stereocenters. The van der Waals surface area contributed by atoms with E-state index in [4.69, 9.17) is 25.8 Å². The summed E-state index contributed by atoms with van der Waals surface area (Å²) in [5.74, 6) is 1.54. The molecule has 1 N–H and O–H groups in total. The van der Waals surface area contributed by atoms with Crippen molar-refractivity contribution >= 4 is 33.2 Å². The first kappa shape index (κ1) is 25.6. The Bertz CT molecular complexity index is 1040. The molecule has 0 spiro atoms. The van der Waals surface area contributed by atoms with Gasteiger partial charge in [-0.2, -0.15) is 0 Å². The van der Waals surface area contributed by atoms with E-state index in [1.165, 1.54) is 17.5 Å². The number of carbonyl (C=O) groups excluding carboxylic acids is 1. The van der Waals surface area contributed by atoms with Crippen molar-refractivity contribution in [2.75, 3.05) is 38.4 Å². The van der Waals surface area contributed by atoms with E-state index < -0.39 is 10.0 Å². The monoisotopic (exact) mass is 484 g/mol. The number of nitrogens with one attached hydrogen (secondary N) is 1. The van der Waals surface area contributed by atoms with Crippen LogP contribution in [0, 0.1) is 0 Å². The average molecular weight is 485 g/mol. The molecular weight excluding hydrogens is 456 g/mol. The van der Waals surface area contributed by atoms with E-state index in [0.717, 1.165) is 11.8 Å². The Morgan fingerprint density at radius 2 is 1.72 bits per heavy atom. The van der Waals surface area contributed by atoms with E-state index in [2.05, 4.69) is 5.32 Å². The molecule has 1 amide bonds. The average Bonchev–Trinajstić information content (AvgIpc) is 2.75. The predicted octanol–water partition coefficient (Wildman–Crippen LogP) is 3.79. The van der Waals surface area contributed by atoms with Crippen molar-refractivity contribution < 1.29 is 27.4 Å². The lowest BCUT2D eigenvalue weighted by Crippen LogP contribution is -2.32. The number of methoxy groups -OCH3 is 3. The molecule has 0 aromatic heterocycles. The molecule has 0 aliphatic heterocycles. The van der Waals surface area contributed by atoms with Crippen LogP contribution in [0.4, 0.5) is 5.69 Å². The normalized spacial score (nSPS) is 12.1. The Kier molecular flexibility index (Phi) is 9.03. The molecule has 0 saturated heterocycles. The third-order valence-corrected chi connectivity index (χ3v) is 6.36. The summed E-state index contributed by atoms with van der Waals surface area (Å²) in [6.45, 7) is 1.98. The number of nitrogens with zero attached hydrogens (tertiary/aromatic N) is 1. The molecule has 0 aliphatic rings. The highest BCUT2D eigenvalue weighted by molar-refractivity contribution is 7.92. The van der Waals surface area contributed by atoms with Gasteiger partial charge in [-0.05, 0) is 49.7 Å². The van der Waals surface area contributed by atoms with Gasteiger partial charge in [-0.25, -0.2) is 8.42 Å². The number of sulfonamides is 1. The van der Waals surface area contributed by atoms with Crippen molar-refractivity contribution in [2.45, 2.75) is 25.8 Å². The third kappa shape index (κ3) is 6.67. The zero-order chi connectivity index (χ0) is 23.9. The zero-order valence-electron chi connectivity index (χ0n) is 18.8. The zero-order valence-corrected chi connectivity index (χ0v) is 20.4. The summed E-state index contributed by atoms with van der Waals surface area (Å²) in [6, 6.07) is 9.79. The van der Waals surface area contributed by atoms with Gasteiger partial charge in [0.05, 0.1) is 44.3 Å². The number of anilines is 1. The van der Waals surface area contributed by atoms with E-state index in [-0.39, 0.29) is 24.9 Å². The standard InChI is InChI=1S/C22H29ClN2O6S/c1-15(18-14-17(29-2)9-11-20(18)30-3)24-22(26)7-6-12-25(32(5,27)28)16-8-10-21(31-4)19(23)13-16/h8-11,13-15H,6-7,12H2,1-5H3,(H,24,26)/t15-/m1/s1. The van der Waals surface area contributed by atoms with Crippen LogP contribution in [0.15, 0.2) is 36.4 Å². The molecular formula is C22H29ClN2O6S. The topological polar surface area (TPSA) is 94.2 Å². The molecule has 0 bridgehead atoms. The minimum Gasteiger partial charge on any atom is -0.497 e. The van der Waals surface area contributed by atoms with E-state index in [0.29, 0.717) is 34.4 Å². The van der Waals surface area contributed by atoms with Crippen LogP contribution in [0.2, 0.25) is 5.02 Å². The van der Waals surface area contributed by atoms with Crippen LogP contribution in [0.1, 0.15) is 31.4 Å². The summed E-state index contributed by atoms with van der Waals surface area (Å²) >= 11 is 6.14. The van der Waals surface area contributed by atoms with Gasteiger partial charge in [-0.15, -0.1) is 0 Å². The van der Waals surface area contributed by atoms with Gasteiger partial charge in [-0.1, -0.05) is 11.6 Å². The molecule has 0 fully saturated rings. The molecule has 176 valence electrons. The van der Waals surface area contributed by atoms with Gasteiger partial charge in [0.25, 0.3) is 0 Å². The predicted molar refractivity (Wildman–Crippen MR) is 126 cm³/mol. The van der Waals surface area contributed by atoms with E-state index >= 15 is 0 Å². The fraction of sp³-hybridized carbons (Fsp3) is 0.409. The van der Waals surface area contributed by atoms with E-state index in [1.54, 1.807) is 38.5 Å². The minimum atomic E-state index is -3.56. The molecule has 10 heteroatoms. The number of ether oxygens (including phenoxy) is 3. The van der Waals surface area contributed by atoms with Crippen LogP contribution in [0.3, 0.4) is 0 Å². The summed E-state index contributed by atoms with van der Waals surface area (Å²) in [5, 5.41) is 3.22. The second-order valence-corrected chi connectivity index (χ2v) is 9.47. The number of benzene rings is 2. The van der Waals surface area contributed by atoms with Gasteiger partial charge in [-0.3, -0.25) is 9.10 Å². The summed E-state index contributed by atoms with van der Waals surface area (Å²) in [5.41, 5.74) is 1.19. The summed E-state index contributed by atoms with van der Waals surface area (Å²) in [4.78, 5) is 12.5. The molecule has 2 aromatic carbocycles. The van der Waals surface area contributed by atoms with Crippen molar-refractivity contribution in [1.29, 1.82) is 0 Å². The van der Waals surface area contributed by atoms with Crippen molar-refractivity contribution in [2.24, 2.45) is 0 Å². The first-order valence-electron chi connectivity index (χ1n) is 9.93. The van der Waals surface area contributed by atoms with Crippen molar-refractivity contribution in [3.8, 4) is 17.2 Å². The van der Waals surface area contributed by atoms with Crippen LogP contribution in [0.5, 0.6) is 17.2 Å². The minimum absolute atomic E-state index is 0.131. The molecule has 8 nitrogen and oxygen atoms in total. The SMILES string of the molecule is COc1ccc(OC)c([C@@H](C)NC(=O)CCCN(c2ccc(OC)c(Cl)c2)S(C)(=O)=O)c1. The molecule has 0 unspecified atom stereocenters. The first-order chi connectivity index (χ1) is 15.1. The highest BCUT2D eigenvalue weighted by Crippen LogP contribution is 2.31. The number of amides is 1. The van der Waals surface area contributed by atoms with Gasteiger partial charge in [0.15, 0.2) is 0 Å². The van der Waals surface area contributed by atoms with Crippen LogP contribution in [-0.2, 0) is 14.8 Å². The number of rotatable bonds is 11. The maximum Gasteiger partial charge on any atom is 0.232 e. The molecule has 0 saturated carbocycles. The Morgan fingerprint density at radius 3 is 2.28 bits per heavy atom. The quantitative estimate of drug-likeness (QED) is 0.521. The number of hydrogen-bond acceptors (Lipinski definition) is 6. The Balaban J connectivity index is 2.03. The molecule has 0 aliphatic carbocycles. The summed E-state index contributed by atoms with van der Waals surface area (Å²) < 4.78 is 41.5. The molecule has 0 heterocycles. The number of hydrogen-bond donors (Lipinski definition) is 1. The first-order valence-corrected chi connectivity index (χ1v) is 12.2. The van der Waals surface area contributed by atoms with Crippen molar-refractivity contribution in [3.63, 3.8) is 0 Å². The van der Waals surface area contributed by atoms with Crippen LogP contribution in [0.25, 0.3) is 0 Å². The van der Waals surface area contributed by atoms with E-state index in [1.807, 2.05) is 13.0 Å². The lowest BCUT2D eigenvalue weighted by atomic mass is 10.1. The van der Waals surface area contributed by atoms with Crippen LogP contribution in [-0.4, -0.2) is 48.5 Å². The molecule has 0 radical (unpaired) electrons. The fourth-order valence-corrected chi connectivity index (χ4v) is 4.46. The highest BCUT2D eigenvalue weighted by atomic mass is 35.5. The molecule has 2 aromatic rings. The lowest BCUT2D eigenvalue weighted by Gasteiger charge is -2.23. The second-order valence-electron chi connectivity index (χ2n) is 7.15. The summed E-state index contributed by atoms with van der Waals surface area (Å²) in [6.07, 6.45) is 1.58. The third-order valence-electron chi connectivity index (χ3n) is 4.87. The van der Waals surface area contributed by atoms with Gasteiger partial charge >= 0.3 is 0 Å². The number of carbonyl (C=O) groups is 1. The lowest BCUT2D eigenvalue weighted by molar-refractivity contribution is -0.121. The second kappa shape index (κ2) is 11.3. The van der Waals surface area contributed by atoms with Crippen molar-refractivity contribution in [3.05, 3.63) is 47.0 Å².